The molecule has 7 nitrogen and oxygen atoms in total. The van der Waals surface area contributed by atoms with Crippen LogP contribution in [0.2, 0.25) is 5.02 Å². The van der Waals surface area contributed by atoms with Gasteiger partial charge < -0.3 is 14.9 Å². The van der Waals surface area contributed by atoms with Gasteiger partial charge in [0.05, 0.1) is 22.5 Å². The van der Waals surface area contributed by atoms with Crippen LogP contribution in [0.15, 0.2) is 27.4 Å². The Labute approximate surface area is 159 Å². The molecule has 140 valence electrons. The molecule has 1 amide bonds. The van der Waals surface area contributed by atoms with Crippen LogP contribution in [0.3, 0.4) is 0 Å². The Bertz CT molecular complexity index is 1140. The van der Waals surface area contributed by atoms with Gasteiger partial charge in [0.25, 0.3) is 5.91 Å². The average Bonchev–Trinajstić information content (AvgIpc) is 2.62. The van der Waals surface area contributed by atoms with Crippen LogP contribution in [0, 0.1) is 0 Å². The van der Waals surface area contributed by atoms with Crippen molar-refractivity contribution in [1.82, 2.24) is 4.98 Å². The molecule has 0 atom stereocenters. The standard InChI is InChI=1S/C19H17ClN2O5/c1-3-5-9-16-10(12(20)7-13(22-16)18(21)24)6-11-14(23)8-15(27-17(9)11)19(25)26-4-2/h6-8H,3-5H2,1-2H3,(H2,21,24). The van der Waals surface area contributed by atoms with E-state index in [0.29, 0.717) is 29.3 Å². The molecule has 0 saturated heterocycles. The summed E-state index contributed by atoms with van der Waals surface area (Å²) in [6, 6.07) is 4.01. The van der Waals surface area contributed by atoms with Crippen molar-refractivity contribution in [2.75, 3.05) is 6.61 Å². The molecule has 3 aromatic rings. The fraction of sp³-hybridized carbons (Fsp3) is 0.263. The van der Waals surface area contributed by atoms with Crippen molar-refractivity contribution in [1.29, 1.82) is 0 Å². The number of halogens is 1. The molecule has 2 N–H and O–H groups in total. The first-order valence-corrected chi connectivity index (χ1v) is 8.82. The molecule has 1 aromatic carbocycles. The minimum atomic E-state index is -0.726. The molecule has 0 bridgehead atoms. The molecule has 0 fully saturated rings. The van der Waals surface area contributed by atoms with E-state index < -0.39 is 17.3 Å². The third kappa shape index (κ3) is 3.38. The molecule has 8 heteroatoms. The van der Waals surface area contributed by atoms with Crippen LogP contribution >= 0.6 is 11.6 Å². The smallest absolute Gasteiger partial charge is 0.374 e. The van der Waals surface area contributed by atoms with E-state index in [1.807, 2.05) is 6.92 Å². The Balaban J connectivity index is 2.45. The summed E-state index contributed by atoms with van der Waals surface area (Å²) in [7, 11) is 0. The highest BCUT2D eigenvalue weighted by Gasteiger charge is 2.20. The third-order valence-corrected chi connectivity index (χ3v) is 4.38. The Kier molecular flexibility index (Phi) is 5.14. The van der Waals surface area contributed by atoms with Crippen molar-refractivity contribution < 1.29 is 18.7 Å². The number of amides is 1. The van der Waals surface area contributed by atoms with Gasteiger partial charge in [-0.25, -0.2) is 9.78 Å². The zero-order chi connectivity index (χ0) is 19.7. The van der Waals surface area contributed by atoms with E-state index in [1.54, 1.807) is 13.0 Å². The minimum Gasteiger partial charge on any atom is -0.460 e. The highest BCUT2D eigenvalue weighted by molar-refractivity contribution is 6.36. The first kappa shape index (κ1) is 18.8. The van der Waals surface area contributed by atoms with Gasteiger partial charge in [0.15, 0.2) is 5.43 Å². The molecule has 0 unspecified atom stereocenters. The highest BCUT2D eigenvalue weighted by Crippen LogP contribution is 2.32. The lowest BCUT2D eigenvalue weighted by Crippen LogP contribution is -2.14. The number of hydrogen-bond donors (Lipinski definition) is 1. The number of fused-ring (bicyclic) bond motifs is 2. The zero-order valence-corrected chi connectivity index (χ0v) is 15.6. The summed E-state index contributed by atoms with van der Waals surface area (Å²) in [4.78, 5) is 40.5. The quantitative estimate of drug-likeness (QED) is 0.530. The molecule has 0 spiro atoms. The molecule has 2 aromatic heterocycles. The number of carbonyl (C=O) groups is 2. The summed E-state index contributed by atoms with van der Waals surface area (Å²) in [6.45, 7) is 3.75. The summed E-state index contributed by atoms with van der Waals surface area (Å²) < 4.78 is 10.6. The number of pyridine rings is 1. The van der Waals surface area contributed by atoms with Gasteiger partial charge >= 0.3 is 5.97 Å². The number of ether oxygens (including phenoxy) is 1. The molecule has 2 heterocycles. The predicted octanol–water partition coefficient (Wildman–Crippen LogP) is 3.22. The van der Waals surface area contributed by atoms with Crippen LogP contribution < -0.4 is 11.2 Å². The van der Waals surface area contributed by atoms with Gasteiger partial charge in [-0.3, -0.25) is 9.59 Å². The van der Waals surface area contributed by atoms with Crippen LogP contribution in [0.25, 0.3) is 21.9 Å². The van der Waals surface area contributed by atoms with Gasteiger partial charge in [0.2, 0.25) is 5.76 Å². The molecular weight excluding hydrogens is 372 g/mol. The van der Waals surface area contributed by atoms with Crippen LogP contribution in [-0.2, 0) is 11.2 Å². The predicted molar refractivity (Wildman–Crippen MR) is 101 cm³/mol. The second-order valence-electron chi connectivity index (χ2n) is 5.93. The Morgan fingerprint density at radius 2 is 1.96 bits per heavy atom. The fourth-order valence-electron chi connectivity index (χ4n) is 2.92. The minimum absolute atomic E-state index is 0.00750. The maximum Gasteiger partial charge on any atom is 0.374 e. The van der Waals surface area contributed by atoms with Crippen LogP contribution in [-0.4, -0.2) is 23.5 Å². The second kappa shape index (κ2) is 7.36. The number of aromatic nitrogens is 1. The molecule has 3 rings (SSSR count). The van der Waals surface area contributed by atoms with Gasteiger partial charge in [-0.05, 0) is 25.5 Å². The highest BCUT2D eigenvalue weighted by atomic mass is 35.5. The summed E-state index contributed by atoms with van der Waals surface area (Å²) >= 11 is 6.30. The van der Waals surface area contributed by atoms with E-state index >= 15 is 0 Å². The number of primary amides is 1. The first-order chi connectivity index (χ1) is 12.9. The van der Waals surface area contributed by atoms with E-state index in [1.165, 1.54) is 6.07 Å². The topological polar surface area (TPSA) is 112 Å². The number of nitrogens with zero attached hydrogens (tertiary/aromatic N) is 1. The van der Waals surface area contributed by atoms with Gasteiger partial charge in [-0.2, -0.15) is 0 Å². The molecule has 27 heavy (non-hydrogen) atoms. The molecule has 0 saturated carbocycles. The van der Waals surface area contributed by atoms with E-state index in [4.69, 9.17) is 26.5 Å². The number of rotatable bonds is 5. The number of benzene rings is 1. The fourth-order valence-corrected chi connectivity index (χ4v) is 3.17. The molecule has 0 radical (unpaired) electrons. The van der Waals surface area contributed by atoms with Crippen molar-refractivity contribution >= 4 is 45.3 Å². The SMILES string of the molecule is CCCc1c2nc(C(N)=O)cc(Cl)c2cc2c(=O)cc(C(=O)OCC)oc12. The van der Waals surface area contributed by atoms with Gasteiger partial charge in [-0.1, -0.05) is 24.9 Å². The van der Waals surface area contributed by atoms with Gasteiger partial charge in [0.1, 0.15) is 11.3 Å². The van der Waals surface area contributed by atoms with E-state index in [0.717, 1.165) is 6.07 Å². The number of hydrogen-bond acceptors (Lipinski definition) is 6. The monoisotopic (exact) mass is 388 g/mol. The summed E-state index contributed by atoms with van der Waals surface area (Å²) in [6.07, 6.45) is 1.20. The summed E-state index contributed by atoms with van der Waals surface area (Å²) in [5, 5.41) is 1.03. The number of carbonyl (C=O) groups excluding carboxylic acids is 2. The normalized spacial score (nSPS) is 11.1. The largest absolute Gasteiger partial charge is 0.460 e. The van der Waals surface area contributed by atoms with Crippen LogP contribution in [0.4, 0.5) is 0 Å². The van der Waals surface area contributed by atoms with Gasteiger partial charge in [0, 0.05) is 17.0 Å². The maximum atomic E-state index is 12.6. The maximum absolute atomic E-state index is 12.6. The second-order valence-corrected chi connectivity index (χ2v) is 6.33. The molecule has 0 aliphatic carbocycles. The number of esters is 1. The van der Waals surface area contributed by atoms with Crippen LogP contribution in [0.1, 0.15) is 46.9 Å². The lowest BCUT2D eigenvalue weighted by molar-refractivity contribution is 0.0490. The van der Waals surface area contributed by atoms with E-state index in [9.17, 15) is 14.4 Å². The Morgan fingerprint density at radius 1 is 1.22 bits per heavy atom. The van der Waals surface area contributed by atoms with Gasteiger partial charge in [-0.15, -0.1) is 0 Å². The number of aryl methyl sites for hydroxylation is 1. The molecule has 0 aliphatic rings. The third-order valence-electron chi connectivity index (χ3n) is 4.07. The van der Waals surface area contributed by atoms with Crippen molar-refractivity contribution in [3.63, 3.8) is 0 Å². The lowest BCUT2D eigenvalue weighted by atomic mass is 10.0. The van der Waals surface area contributed by atoms with Crippen LogP contribution in [0.5, 0.6) is 0 Å². The Hall–Kier alpha value is -2.93. The number of nitrogens with two attached hydrogens (primary N) is 1. The molecular formula is C19H17ClN2O5. The van der Waals surface area contributed by atoms with E-state index in [-0.39, 0.29) is 34.1 Å². The van der Waals surface area contributed by atoms with E-state index in [2.05, 4.69) is 4.98 Å². The summed E-state index contributed by atoms with van der Waals surface area (Å²) in [5.41, 5.74) is 6.17. The van der Waals surface area contributed by atoms with Crippen molar-refractivity contribution in [3.05, 3.63) is 50.5 Å². The summed E-state index contributed by atoms with van der Waals surface area (Å²) in [5.74, 6) is -1.64. The first-order valence-electron chi connectivity index (χ1n) is 8.44. The zero-order valence-electron chi connectivity index (χ0n) is 14.8. The van der Waals surface area contributed by atoms with Crippen molar-refractivity contribution in [2.24, 2.45) is 5.73 Å². The average molecular weight is 389 g/mol. The molecule has 0 aliphatic heterocycles. The van der Waals surface area contributed by atoms with Crippen molar-refractivity contribution in [2.45, 2.75) is 26.7 Å². The Morgan fingerprint density at radius 3 is 2.59 bits per heavy atom. The van der Waals surface area contributed by atoms with Crippen molar-refractivity contribution in [3.8, 4) is 0 Å². The lowest BCUT2D eigenvalue weighted by Gasteiger charge is -2.12.